The van der Waals surface area contributed by atoms with Crippen LogP contribution in [-0.2, 0) is 11.2 Å². The van der Waals surface area contributed by atoms with Crippen LogP contribution in [0.1, 0.15) is 35.2 Å². The van der Waals surface area contributed by atoms with Crippen molar-refractivity contribution in [3.63, 3.8) is 0 Å². The average Bonchev–Trinajstić information content (AvgIpc) is 3.38. The number of carbonyl (C=O) groups excluding carboxylic acids is 1. The Morgan fingerprint density at radius 1 is 1.13 bits per heavy atom. The van der Waals surface area contributed by atoms with Gasteiger partial charge in [0, 0.05) is 24.9 Å². The van der Waals surface area contributed by atoms with Gasteiger partial charge in [0.25, 0.3) is 0 Å². The lowest BCUT2D eigenvalue weighted by molar-refractivity contribution is 0.0696. The van der Waals surface area contributed by atoms with Crippen LogP contribution in [0, 0.1) is 11.8 Å². The summed E-state index contributed by atoms with van der Waals surface area (Å²) in [6.45, 7) is 0. The van der Waals surface area contributed by atoms with Crippen molar-refractivity contribution in [2.75, 3.05) is 12.4 Å². The van der Waals surface area contributed by atoms with Crippen molar-refractivity contribution in [3.05, 3.63) is 65.7 Å². The van der Waals surface area contributed by atoms with Gasteiger partial charge in [-0.25, -0.2) is 14.6 Å². The van der Waals surface area contributed by atoms with Gasteiger partial charge in [-0.3, -0.25) is 0 Å². The zero-order valence-electron chi connectivity index (χ0n) is 17.5. The lowest BCUT2D eigenvalue weighted by atomic mass is 9.77. The van der Waals surface area contributed by atoms with Crippen molar-refractivity contribution in [2.45, 2.75) is 37.9 Å². The molecule has 0 saturated carbocycles. The minimum Gasteiger partial charge on any atom is -0.478 e. The first kappa shape index (κ1) is 21.1. The predicted octanol–water partition coefficient (Wildman–Crippen LogP) is 4.26. The van der Waals surface area contributed by atoms with E-state index in [4.69, 9.17) is 9.84 Å². The number of aryl methyl sites for hydroxylation is 1. The molecule has 0 spiro atoms. The molecule has 162 valence electrons. The summed E-state index contributed by atoms with van der Waals surface area (Å²) < 4.78 is 6.14. The van der Waals surface area contributed by atoms with Crippen LogP contribution < -0.4 is 5.32 Å². The molecule has 2 bridgehead atoms. The van der Waals surface area contributed by atoms with E-state index in [0.29, 0.717) is 11.5 Å². The number of ether oxygens (including phenoxy) is 1. The molecule has 2 saturated heterocycles. The third kappa shape index (κ3) is 4.94. The van der Waals surface area contributed by atoms with Crippen LogP contribution in [0.15, 0.2) is 59.7 Å². The number of carboxylic acid groups (broad SMARTS) is 1. The number of hydrazone groups is 1. The molecule has 2 aromatic carbocycles. The minimum atomic E-state index is -0.912. The molecule has 4 atom stereocenters. The molecule has 2 aliphatic rings. The Morgan fingerprint density at radius 2 is 1.84 bits per heavy atom. The Bertz CT molecular complexity index is 945. The van der Waals surface area contributed by atoms with Gasteiger partial charge in [-0.1, -0.05) is 30.3 Å². The monoisotopic (exact) mass is 421 g/mol. The summed E-state index contributed by atoms with van der Waals surface area (Å²) >= 11 is 0. The number of nitrogens with one attached hydrogen (secondary N) is 1. The average molecular weight is 421 g/mol. The maximum Gasteiger partial charge on any atom is 0.341 e. The van der Waals surface area contributed by atoms with E-state index in [9.17, 15) is 9.59 Å². The van der Waals surface area contributed by atoms with Crippen molar-refractivity contribution in [3.8, 4) is 0 Å². The number of hydrogen-bond donors (Lipinski definition) is 2. The van der Waals surface area contributed by atoms with E-state index in [0.717, 1.165) is 36.9 Å². The van der Waals surface area contributed by atoms with E-state index < -0.39 is 5.97 Å². The zero-order chi connectivity index (χ0) is 21.8. The number of nitrogens with zero attached hydrogens (tertiary/aromatic N) is 2. The first-order chi connectivity index (χ1) is 15.0. The number of aromatic carboxylic acids is 1. The SMILES string of the molecule is CN(N=CC1C2CCC(O2)C1CCc1ccc(C(=O)O)cc1)C(=O)Nc1ccccc1. The van der Waals surface area contributed by atoms with Gasteiger partial charge in [-0.05, 0) is 61.4 Å². The van der Waals surface area contributed by atoms with Crippen LogP contribution in [0.4, 0.5) is 10.5 Å². The van der Waals surface area contributed by atoms with Crippen LogP contribution in [0.3, 0.4) is 0 Å². The van der Waals surface area contributed by atoms with Crippen LogP contribution in [0.2, 0.25) is 0 Å². The highest BCUT2D eigenvalue weighted by Gasteiger charge is 2.47. The largest absolute Gasteiger partial charge is 0.478 e. The molecule has 2 aliphatic heterocycles. The van der Waals surface area contributed by atoms with E-state index in [1.165, 1.54) is 5.01 Å². The Kier molecular flexibility index (Phi) is 6.32. The zero-order valence-corrected chi connectivity index (χ0v) is 17.5. The van der Waals surface area contributed by atoms with E-state index >= 15 is 0 Å². The fourth-order valence-corrected chi connectivity index (χ4v) is 4.50. The van der Waals surface area contributed by atoms with E-state index in [2.05, 4.69) is 10.4 Å². The van der Waals surface area contributed by atoms with Gasteiger partial charge in [0.05, 0.1) is 17.8 Å². The highest BCUT2D eigenvalue weighted by molar-refractivity contribution is 5.89. The molecule has 2 aromatic rings. The Labute approximate surface area is 181 Å². The molecule has 2 heterocycles. The van der Waals surface area contributed by atoms with Gasteiger partial charge >= 0.3 is 12.0 Å². The maximum absolute atomic E-state index is 12.4. The molecule has 7 heteroatoms. The van der Waals surface area contributed by atoms with E-state index in [-0.39, 0.29) is 24.2 Å². The van der Waals surface area contributed by atoms with Gasteiger partial charge in [0.2, 0.25) is 0 Å². The van der Waals surface area contributed by atoms with Gasteiger partial charge < -0.3 is 15.2 Å². The normalized spacial score (nSPS) is 24.4. The van der Waals surface area contributed by atoms with Crippen LogP contribution in [0.5, 0.6) is 0 Å². The van der Waals surface area contributed by atoms with Crippen LogP contribution >= 0.6 is 0 Å². The number of fused-ring (bicyclic) bond motifs is 2. The van der Waals surface area contributed by atoms with Crippen LogP contribution in [0.25, 0.3) is 0 Å². The molecule has 0 aromatic heterocycles. The van der Waals surface area contributed by atoms with E-state index in [1.807, 2.05) is 48.7 Å². The van der Waals surface area contributed by atoms with Gasteiger partial charge in [0.15, 0.2) is 0 Å². The smallest absolute Gasteiger partial charge is 0.341 e. The van der Waals surface area contributed by atoms with Gasteiger partial charge in [-0.15, -0.1) is 0 Å². The first-order valence-corrected chi connectivity index (χ1v) is 10.6. The molecule has 2 N–H and O–H groups in total. The topological polar surface area (TPSA) is 91.2 Å². The predicted molar refractivity (Wildman–Crippen MR) is 118 cm³/mol. The number of anilines is 1. The third-order valence-electron chi connectivity index (χ3n) is 6.18. The molecule has 31 heavy (non-hydrogen) atoms. The molecule has 2 amide bonds. The molecular weight excluding hydrogens is 394 g/mol. The van der Waals surface area contributed by atoms with Gasteiger partial charge in [0.1, 0.15) is 0 Å². The highest BCUT2D eigenvalue weighted by Crippen LogP contribution is 2.44. The number of hydrogen-bond acceptors (Lipinski definition) is 4. The first-order valence-electron chi connectivity index (χ1n) is 10.6. The summed E-state index contributed by atoms with van der Waals surface area (Å²) in [6.07, 6.45) is 6.11. The molecular formula is C24H27N3O4. The number of para-hydroxylation sites is 1. The number of carbonyl (C=O) groups is 2. The number of rotatable bonds is 7. The summed E-state index contributed by atoms with van der Waals surface area (Å²) in [4.78, 5) is 23.4. The molecule has 4 rings (SSSR count). The Hall–Kier alpha value is -3.19. The molecule has 0 radical (unpaired) electrons. The Balaban J connectivity index is 1.36. The number of amides is 2. The fourth-order valence-electron chi connectivity index (χ4n) is 4.50. The number of benzene rings is 2. The van der Waals surface area contributed by atoms with Crippen molar-refractivity contribution < 1.29 is 19.4 Å². The lowest BCUT2D eigenvalue weighted by Crippen LogP contribution is -2.31. The number of carboxylic acids is 1. The highest BCUT2D eigenvalue weighted by atomic mass is 16.5. The maximum atomic E-state index is 12.4. The van der Waals surface area contributed by atoms with Crippen molar-refractivity contribution in [1.29, 1.82) is 0 Å². The second kappa shape index (κ2) is 9.31. The lowest BCUT2D eigenvalue weighted by Gasteiger charge is -2.25. The summed E-state index contributed by atoms with van der Waals surface area (Å²) in [7, 11) is 1.64. The molecule has 4 unspecified atom stereocenters. The second-order valence-electron chi connectivity index (χ2n) is 8.16. The fraction of sp³-hybridized carbons (Fsp3) is 0.375. The van der Waals surface area contributed by atoms with Gasteiger partial charge in [-0.2, -0.15) is 5.10 Å². The molecule has 7 nitrogen and oxygen atoms in total. The third-order valence-corrected chi connectivity index (χ3v) is 6.18. The molecule has 2 fully saturated rings. The van der Waals surface area contributed by atoms with Crippen molar-refractivity contribution in [2.24, 2.45) is 16.9 Å². The van der Waals surface area contributed by atoms with E-state index in [1.54, 1.807) is 19.2 Å². The van der Waals surface area contributed by atoms with Crippen LogP contribution in [-0.4, -0.2) is 47.6 Å². The summed E-state index contributed by atoms with van der Waals surface area (Å²) in [5, 5.41) is 17.6. The van der Waals surface area contributed by atoms with Crippen molar-refractivity contribution >= 4 is 23.9 Å². The summed E-state index contributed by atoms with van der Waals surface area (Å²) in [5.41, 5.74) is 2.14. The quantitative estimate of drug-likeness (QED) is 0.516. The summed E-state index contributed by atoms with van der Waals surface area (Å²) in [5.74, 6) is -0.402. The molecule has 0 aliphatic carbocycles. The minimum absolute atomic E-state index is 0.152. The number of urea groups is 1. The summed E-state index contributed by atoms with van der Waals surface area (Å²) in [6, 6.07) is 16.1. The van der Waals surface area contributed by atoms with Crippen molar-refractivity contribution in [1.82, 2.24) is 5.01 Å². The Morgan fingerprint density at radius 3 is 2.55 bits per heavy atom. The standard InChI is InChI=1S/C24H27N3O4/c1-27(24(30)26-18-5-3-2-4-6-18)25-15-20-19(21-13-14-22(20)31-21)12-9-16-7-10-17(11-8-16)23(28)29/h2-8,10-11,15,19-22H,9,12-14H2,1H3,(H,26,30)(H,28,29). The second-order valence-corrected chi connectivity index (χ2v) is 8.16.